The van der Waals surface area contributed by atoms with Gasteiger partial charge in [-0.3, -0.25) is 9.59 Å². The van der Waals surface area contributed by atoms with E-state index in [0.717, 1.165) is 24.3 Å². The number of carbonyl (C=O) groups excluding carboxylic acids is 2. The fraction of sp³-hybridized carbons (Fsp3) is 0.0526. The van der Waals surface area contributed by atoms with Gasteiger partial charge in [-0.05, 0) is 30.3 Å². The number of carbonyl (C=O) groups is 2. The van der Waals surface area contributed by atoms with Gasteiger partial charge in [0, 0.05) is 16.3 Å². The third-order valence-electron chi connectivity index (χ3n) is 4.48. The minimum atomic E-state index is -4.62. The Hall–Kier alpha value is -3.55. The molecule has 8 heteroatoms. The number of amides is 2. The number of aromatic hydroxyl groups is 1. The SMILES string of the molecule is Nc1c(O)cc2c3c(cccc13)C(=O)N(c1cccc(C(F)(F)F)c1)C2=O. The summed E-state index contributed by atoms with van der Waals surface area (Å²) in [5.74, 6) is -1.94. The third-order valence-corrected chi connectivity index (χ3v) is 4.48. The van der Waals surface area contributed by atoms with E-state index >= 15 is 0 Å². The van der Waals surface area contributed by atoms with E-state index in [-0.39, 0.29) is 33.6 Å². The van der Waals surface area contributed by atoms with Crippen molar-refractivity contribution in [3.8, 4) is 5.75 Å². The lowest BCUT2D eigenvalue weighted by atomic mass is 9.92. The quantitative estimate of drug-likeness (QED) is 0.385. The summed E-state index contributed by atoms with van der Waals surface area (Å²) in [5, 5.41) is 10.6. The molecule has 27 heavy (non-hydrogen) atoms. The first-order valence-corrected chi connectivity index (χ1v) is 7.80. The molecule has 0 atom stereocenters. The number of nitrogens with two attached hydrogens (primary N) is 1. The fourth-order valence-corrected chi connectivity index (χ4v) is 3.23. The molecule has 0 aliphatic carbocycles. The van der Waals surface area contributed by atoms with E-state index in [1.807, 2.05) is 0 Å². The van der Waals surface area contributed by atoms with Crippen molar-refractivity contribution in [2.45, 2.75) is 6.18 Å². The van der Waals surface area contributed by atoms with Crippen LogP contribution in [0.15, 0.2) is 48.5 Å². The zero-order valence-electron chi connectivity index (χ0n) is 13.5. The molecule has 1 aliphatic heterocycles. The second-order valence-electron chi connectivity index (χ2n) is 6.08. The van der Waals surface area contributed by atoms with E-state index in [9.17, 15) is 27.9 Å². The summed E-state index contributed by atoms with van der Waals surface area (Å²) in [6, 6.07) is 9.60. The Morgan fingerprint density at radius 3 is 2.30 bits per heavy atom. The highest BCUT2D eigenvalue weighted by molar-refractivity contribution is 6.36. The molecular weight excluding hydrogens is 361 g/mol. The smallest absolute Gasteiger partial charge is 0.416 e. The molecule has 5 nitrogen and oxygen atoms in total. The van der Waals surface area contributed by atoms with E-state index in [2.05, 4.69) is 0 Å². The predicted octanol–water partition coefficient (Wildman–Crippen LogP) is 3.95. The Morgan fingerprint density at radius 2 is 1.59 bits per heavy atom. The fourth-order valence-electron chi connectivity index (χ4n) is 3.23. The van der Waals surface area contributed by atoms with E-state index in [1.165, 1.54) is 18.2 Å². The van der Waals surface area contributed by atoms with Crippen LogP contribution in [0.1, 0.15) is 26.3 Å². The van der Waals surface area contributed by atoms with Gasteiger partial charge in [0.25, 0.3) is 11.8 Å². The second kappa shape index (κ2) is 5.47. The molecule has 2 amide bonds. The Morgan fingerprint density at radius 1 is 0.926 bits per heavy atom. The summed E-state index contributed by atoms with van der Waals surface area (Å²) in [6.07, 6.45) is -4.62. The first kappa shape index (κ1) is 16.9. The molecule has 1 aliphatic rings. The van der Waals surface area contributed by atoms with Crippen LogP contribution in [0.5, 0.6) is 5.75 Å². The summed E-state index contributed by atoms with van der Waals surface area (Å²) in [4.78, 5) is 26.5. The molecule has 136 valence electrons. The van der Waals surface area contributed by atoms with Crippen molar-refractivity contribution in [2.75, 3.05) is 10.6 Å². The zero-order valence-corrected chi connectivity index (χ0v) is 13.5. The van der Waals surface area contributed by atoms with Crippen LogP contribution in [0.2, 0.25) is 0 Å². The number of benzene rings is 3. The summed E-state index contributed by atoms with van der Waals surface area (Å²) >= 11 is 0. The molecule has 3 aromatic rings. The molecular formula is C19H11F3N2O3. The Kier molecular flexibility index (Phi) is 3.42. The van der Waals surface area contributed by atoms with Gasteiger partial charge >= 0.3 is 6.18 Å². The van der Waals surface area contributed by atoms with Crippen molar-refractivity contribution in [1.29, 1.82) is 0 Å². The average Bonchev–Trinajstić information content (AvgIpc) is 2.63. The second-order valence-corrected chi connectivity index (χ2v) is 6.08. The Bertz CT molecular complexity index is 1140. The van der Waals surface area contributed by atoms with Gasteiger partial charge in [0.05, 0.1) is 22.5 Å². The van der Waals surface area contributed by atoms with E-state index in [1.54, 1.807) is 6.07 Å². The Labute approximate surface area is 150 Å². The van der Waals surface area contributed by atoms with Crippen LogP contribution in [-0.2, 0) is 6.18 Å². The lowest BCUT2D eigenvalue weighted by molar-refractivity contribution is -0.137. The summed E-state index contributed by atoms with van der Waals surface area (Å²) < 4.78 is 39.0. The van der Waals surface area contributed by atoms with Gasteiger partial charge in [-0.15, -0.1) is 0 Å². The number of anilines is 2. The molecule has 0 spiro atoms. The van der Waals surface area contributed by atoms with Crippen LogP contribution in [0.25, 0.3) is 10.8 Å². The Balaban J connectivity index is 1.96. The standard InChI is InChI=1S/C19H11F3N2O3/c20-19(21,22)9-3-1-4-10(7-9)24-17(26)12-6-2-5-11-15(12)13(18(24)27)8-14(25)16(11)23/h1-8,25H,23H2. The van der Waals surface area contributed by atoms with Crippen LogP contribution >= 0.6 is 0 Å². The molecule has 1 heterocycles. The van der Waals surface area contributed by atoms with Crippen LogP contribution in [0.4, 0.5) is 24.5 Å². The van der Waals surface area contributed by atoms with Crippen molar-refractivity contribution >= 4 is 34.0 Å². The van der Waals surface area contributed by atoms with Crippen LogP contribution < -0.4 is 10.6 Å². The topological polar surface area (TPSA) is 83.6 Å². The van der Waals surface area contributed by atoms with Gasteiger partial charge in [-0.2, -0.15) is 13.2 Å². The van der Waals surface area contributed by atoms with Gasteiger partial charge in [0.15, 0.2) is 0 Å². The van der Waals surface area contributed by atoms with Gasteiger partial charge in [-0.1, -0.05) is 18.2 Å². The lowest BCUT2D eigenvalue weighted by Gasteiger charge is -2.28. The summed E-state index contributed by atoms with van der Waals surface area (Å²) in [5.41, 5.74) is 4.76. The van der Waals surface area contributed by atoms with Crippen molar-refractivity contribution in [1.82, 2.24) is 0 Å². The molecule has 0 bridgehead atoms. The number of phenols is 1. The molecule has 0 unspecified atom stereocenters. The summed E-state index contributed by atoms with van der Waals surface area (Å²) in [6.45, 7) is 0. The van der Waals surface area contributed by atoms with E-state index < -0.39 is 23.6 Å². The van der Waals surface area contributed by atoms with Crippen LogP contribution in [0, 0.1) is 0 Å². The number of halogens is 3. The normalized spacial score (nSPS) is 14.1. The molecule has 3 aromatic carbocycles. The number of hydrogen-bond acceptors (Lipinski definition) is 4. The van der Waals surface area contributed by atoms with Gasteiger partial charge < -0.3 is 10.8 Å². The maximum atomic E-state index is 13.0. The molecule has 0 saturated heterocycles. The van der Waals surface area contributed by atoms with Crippen LogP contribution in [0.3, 0.4) is 0 Å². The van der Waals surface area contributed by atoms with Crippen molar-refractivity contribution in [2.24, 2.45) is 0 Å². The van der Waals surface area contributed by atoms with Crippen molar-refractivity contribution < 1.29 is 27.9 Å². The van der Waals surface area contributed by atoms with Gasteiger partial charge in [-0.25, -0.2) is 4.90 Å². The van der Waals surface area contributed by atoms with Gasteiger partial charge in [0.2, 0.25) is 0 Å². The first-order valence-electron chi connectivity index (χ1n) is 7.80. The molecule has 4 rings (SSSR count). The van der Waals surface area contributed by atoms with Crippen molar-refractivity contribution in [3.63, 3.8) is 0 Å². The number of rotatable bonds is 1. The highest BCUT2D eigenvalue weighted by Gasteiger charge is 2.37. The maximum Gasteiger partial charge on any atom is 0.416 e. The van der Waals surface area contributed by atoms with Gasteiger partial charge in [0.1, 0.15) is 5.75 Å². The predicted molar refractivity (Wildman–Crippen MR) is 92.6 cm³/mol. The first-order chi connectivity index (χ1) is 12.7. The zero-order chi connectivity index (χ0) is 19.5. The number of hydrogen-bond donors (Lipinski definition) is 2. The summed E-state index contributed by atoms with van der Waals surface area (Å²) in [7, 11) is 0. The minimum Gasteiger partial charge on any atom is -0.506 e. The monoisotopic (exact) mass is 372 g/mol. The molecule has 0 radical (unpaired) electrons. The molecule has 0 saturated carbocycles. The number of alkyl halides is 3. The van der Waals surface area contributed by atoms with E-state index in [4.69, 9.17) is 5.73 Å². The van der Waals surface area contributed by atoms with Crippen molar-refractivity contribution in [3.05, 3.63) is 65.2 Å². The largest absolute Gasteiger partial charge is 0.506 e. The number of phenolic OH excluding ortho intramolecular Hbond substituents is 1. The number of imide groups is 1. The highest BCUT2D eigenvalue weighted by atomic mass is 19.4. The average molecular weight is 372 g/mol. The number of nitrogen functional groups attached to an aromatic ring is 1. The molecule has 0 aromatic heterocycles. The van der Waals surface area contributed by atoms with E-state index in [0.29, 0.717) is 10.3 Å². The lowest BCUT2D eigenvalue weighted by Crippen LogP contribution is -2.40. The molecule has 0 fully saturated rings. The van der Waals surface area contributed by atoms with Crippen LogP contribution in [-0.4, -0.2) is 16.9 Å². The third kappa shape index (κ3) is 2.41. The minimum absolute atomic E-state index is 0.00990. The maximum absolute atomic E-state index is 13.0. The number of nitrogens with zero attached hydrogens (tertiary/aromatic N) is 1. The highest BCUT2D eigenvalue weighted by Crippen LogP contribution is 2.40. The molecule has 3 N–H and O–H groups in total.